The van der Waals surface area contributed by atoms with Crippen molar-refractivity contribution in [3.63, 3.8) is 0 Å². The Morgan fingerprint density at radius 3 is 2.83 bits per heavy atom. The third-order valence-electron chi connectivity index (χ3n) is 5.07. The average Bonchev–Trinajstić information content (AvgIpc) is 3.07. The molecule has 0 N–H and O–H groups in total. The highest BCUT2D eigenvalue weighted by Crippen LogP contribution is 2.40. The van der Waals surface area contributed by atoms with Crippen LogP contribution in [-0.4, -0.2) is 35.8 Å². The van der Waals surface area contributed by atoms with Crippen LogP contribution in [0.15, 0.2) is 28.8 Å². The molecule has 1 atom stereocenters. The van der Waals surface area contributed by atoms with Gasteiger partial charge in [-0.1, -0.05) is 11.2 Å². The smallest absolute Gasteiger partial charge is 0.276 e. The van der Waals surface area contributed by atoms with E-state index in [-0.39, 0.29) is 12.7 Å². The summed E-state index contributed by atoms with van der Waals surface area (Å²) in [5.74, 6) is 3.19. The fraction of sp³-hybridized carbons (Fsp3) is 0.444. The molecule has 2 aromatic rings. The lowest BCUT2D eigenvalue weighted by atomic mass is 9.98. The molecule has 2 aliphatic heterocycles. The second kappa shape index (κ2) is 5.26. The number of likely N-dealkylation sites (tertiary alicyclic amines) is 1. The second-order valence-electron chi connectivity index (χ2n) is 6.74. The first-order chi connectivity index (χ1) is 11.8. The van der Waals surface area contributed by atoms with Crippen molar-refractivity contribution < 1.29 is 18.8 Å². The molecule has 1 unspecified atom stereocenters. The van der Waals surface area contributed by atoms with Crippen LogP contribution >= 0.6 is 0 Å². The highest BCUT2D eigenvalue weighted by Gasteiger charge is 2.33. The molecule has 1 amide bonds. The number of carbonyl (C=O) groups is 1. The Bertz CT molecular complexity index is 796. The number of fused-ring (bicyclic) bond motifs is 1. The van der Waals surface area contributed by atoms with Gasteiger partial charge in [0.15, 0.2) is 17.2 Å². The highest BCUT2D eigenvalue weighted by molar-refractivity contribution is 5.92. The number of carbonyl (C=O) groups excluding carboxylic acids is 1. The Morgan fingerprint density at radius 1 is 1.08 bits per heavy atom. The molecule has 1 saturated heterocycles. The third-order valence-corrected chi connectivity index (χ3v) is 5.07. The van der Waals surface area contributed by atoms with Crippen molar-refractivity contribution in [1.82, 2.24) is 10.1 Å². The fourth-order valence-corrected chi connectivity index (χ4v) is 3.50. The van der Waals surface area contributed by atoms with Crippen LogP contribution in [0.2, 0.25) is 0 Å². The van der Waals surface area contributed by atoms with E-state index in [0.29, 0.717) is 24.1 Å². The molecule has 0 bridgehead atoms. The number of aromatic nitrogens is 1. The SMILES string of the molecule is O=C(c1cc(C2CC2)on1)N1CCC(c2ccc3c(c2)OCO3)C1. The average molecular weight is 326 g/mol. The minimum Gasteiger partial charge on any atom is -0.454 e. The van der Waals surface area contributed by atoms with Crippen molar-refractivity contribution in [2.24, 2.45) is 0 Å². The van der Waals surface area contributed by atoms with Crippen LogP contribution in [0.3, 0.4) is 0 Å². The summed E-state index contributed by atoms with van der Waals surface area (Å²) >= 11 is 0. The van der Waals surface area contributed by atoms with Crippen molar-refractivity contribution in [3.8, 4) is 11.5 Å². The predicted octanol–water partition coefficient (Wildman–Crippen LogP) is 2.91. The van der Waals surface area contributed by atoms with Gasteiger partial charge in [-0.05, 0) is 37.0 Å². The maximum Gasteiger partial charge on any atom is 0.276 e. The van der Waals surface area contributed by atoms with E-state index < -0.39 is 0 Å². The summed E-state index contributed by atoms with van der Waals surface area (Å²) in [5.41, 5.74) is 1.62. The first kappa shape index (κ1) is 13.9. The number of ether oxygens (including phenoxy) is 2. The monoisotopic (exact) mass is 326 g/mol. The lowest BCUT2D eigenvalue weighted by molar-refractivity contribution is 0.0780. The Balaban J connectivity index is 1.30. The van der Waals surface area contributed by atoms with E-state index in [9.17, 15) is 4.79 Å². The van der Waals surface area contributed by atoms with Crippen LogP contribution in [0.5, 0.6) is 11.5 Å². The molecule has 5 rings (SSSR count). The largest absolute Gasteiger partial charge is 0.454 e. The maximum atomic E-state index is 12.6. The van der Waals surface area contributed by atoms with Gasteiger partial charge in [0.05, 0.1) is 0 Å². The van der Waals surface area contributed by atoms with Crippen LogP contribution in [0.4, 0.5) is 0 Å². The molecule has 2 fully saturated rings. The first-order valence-electron chi connectivity index (χ1n) is 8.43. The van der Waals surface area contributed by atoms with Crippen LogP contribution in [-0.2, 0) is 0 Å². The normalized spacial score (nSPS) is 22.2. The quantitative estimate of drug-likeness (QED) is 0.868. The molecule has 6 heteroatoms. The summed E-state index contributed by atoms with van der Waals surface area (Å²) < 4.78 is 16.1. The topological polar surface area (TPSA) is 64.8 Å². The molecule has 1 aromatic carbocycles. The van der Waals surface area contributed by atoms with Gasteiger partial charge in [0.2, 0.25) is 6.79 Å². The Kier molecular flexibility index (Phi) is 3.04. The zero-order valence-electron chi connectivity index (χ0n) is 13.2. The van der Waals surface area contributed by atoms with E-state index in [2.05, 4.69) is 11.2 Å². The number of benzene rings is 1. The highest BCUT2D eigenvalue weighted by atomic mass is 16.7. The van der Waals surface area contributed by atoms with E-state index in [0.717, 1.165) is 43.1 Å². The van der Waals surface area contributed by atoms with E-state index >= 15 is 0 Å². The van der Waals surface area contributed by atoms with Gasteiger partial charge in [-0.2, -0.15) is 0 Å². The van der Waals surface area contributed by atoms with Gasteiger partial charge in [-0.15, -0.1) is 0 Å². The first-order valence-corrected chi connectivity index (χ1v) is 8.43. The minimum atomic E-state index is -0.0334. The molecule has 0 spiro atoms. The molecular weight excluding hydrogens is 308 g/mol. The van der Waals surface area contributed by atoms with E-state index in [1.54, 1.807) is 0 Å². The summed E-state index contributed by atoms with van der Waals surface area (Å²) in [4.78, 5) is 14.5. The Hall–Kier alpha value is -2.50. The zero-order chi connectivity index (χ0) is 16.1. The van der Waals surface area contributed by atoms with Crippen LogP contribution < -0.4 is 9.47 Å². The van der Waals surface area contributed by atoms with E-state index in [1.165, 1.54) is 5.56 Å². The summed E-state index contributed by atoms with van der Waals surface area (Å²) in [7, 11) is 0. The summed E-state index contributed by atoms with van der Waals surface area (Å²) in [6, 6.07) is 7.85. The summed E-state index contributed by atoms with van der Waals surface area (Å²) in [6.07, 6.45) is 3.22. The van der Waals surface area contributed by atoms with Crippen LogP contribution in [0.1, 0.15) is 52.9 Å². The van der Waals surface area contributed by atoms with Crippen LogP contribution in [0, 0.1) is 0 Å². The summed E-state index contributed by atoms with van der Waals surface area (Å²) in [6.45, 7) is 1.72. The van der Waals surface area contributed by atoms with Gasteiger partial charge in [-0.25, -0.2) is 0 Å². The van der Waals surface area contributed by atoms with Gasteiger partial charge >= 0.3 is 0 Å². The van der Waals surface area contributed by atoms with Crippen LogP contribution in [0.25, 0.3) is 0 Å². The van der Waals surface area contributed by atoms with Gasteiger partial charge in [0.1, 0.15) is 5.76 Å². The molecule has 1 aromatic heterocycles. The second-order valence-corrected chi connectivity index (χ2v) is 6.74. The molecular formula is C18H18N2O4. The fourth-order valence-electron chi connectivity index (χ4n) is 3.50. The molecule has 6 nitrogen and oxygen atoms in total. The van der Waals surface area contributed by atoms with Gasteiger partial charge in [0.25, 0.3) is 5.91 Å². The van der Waals surface area contributed by atoms with E-state index in [1.807, 2.05) is 23.1 Å². The number of hydrogen-bond donors (Lipinski definition) is 0. The Morgan fingerprint density at radius 2 is 1.96 bits per heavy atom. The molecule has 24 heavy (non-hydrogen) atoms. The van der Waals surface area contributed by atoms with Crippen molar-refractivity contribution in [1.29, 1.82) is 0 Å². The molecule has 124 valence electrons. The lowest BCUT2D eigenvalue weighted by Crippen LogP contribution is -2.28. The summed E-state index contributed by atoms with van der Waals surface area (Å²) in [5, 5.41) is 3.96. The number of rotatable bonds is 3. The van der Waals surface area contributed by atoms with E-state index in [4.69, 9.17) is 14.0 Å². The standard InChI is InChI=1S/C18H18N2O4/c21-18(14-8-16(24-19-14)11-1-2-11)20-6-5-13(9-20)12-3-4-15-17(7-12)23-10-22-15/h3-4,7-8,11,13H,1-2,5-6,9-10H2. The zero-order valence-corrected chi connectivity index (χ0v) is 13.2. The maximum absolute atomic E-state index is 12.6. The van der Waals surface area contributed by atoms with Gasteiger partial charge in [-0.3, -0.25) is 4.79 Å². The Labute approximate surface area is 139 Å². The molecule has 1 aliphatic carbocycles. The van der Waals surface area contributed by atoms with Crippen molar-refractivity contribution in [2.45, 2.75) is 31.1 Å². The number of amides is 1. The third kappa shape index (κ3) is 2.33. The molecule has 3 aliphatic rings. The number of nitrogens with zero attached hydrogens (tertiary/aromatic N) is 2. The van der Waals surface area contributed by atoms with Gasteiger partial charge < -0.3 is 18.9 Å². The minimum absolute atomic E-state index is 0.0334. The lowest BCUT2D eigenvalue weighted by Gasteiger charge is -2.15. The molecule has 3 heterocycles. The number of hydrogen-bond acceptors (Lipinski definition) is 5. The molecule has 1 saturated carbocycles. The predicted molar refractivity (Wildman–Crippen MR) is 84.3 cm³/mol. The molecule has 0 radical (unpaired) electrons. The van der Waals surface area contributed by atoms with Crippen molar-refractivity contribution in [3.05, 3.63) is 41.3 Å². The van der Waals surface area contributed by atoms with Gasteiger partial charge in [0, 0.05) is 31.0 Å². The van der Waals surface area contributed by atoms with Crippen molar-refractivity contribution in [2.75, 3.05) is 19.9 Å². The van der Waals surface area contributed by atoms with Crippen molar-refractivity contribution >= 4 is 5.91 Å².